The van der Waals surface area contributed by atoms with Crippen molar-refractivity contribution in [3.8, 4) is 0 Å². The van der Waals surface area contributed by atoms with Gasteiger partial charge in [-0.1, -0.05) is 30.4 Å². The summed E-state index contributed by atoms with van der Waals surface area (Å²) in [6.45, 7) is 6.08. The summed E-state index contributed by atoms with van der Waals surface area (Å²) in [6.07, 6.45) is 10.3. The molecule has 0 bridgehead atoms. The Hall–Kier alpha value is -0.780. The van der Waals surface area contributed by atoms with Crippen molar-refractivity contribution in [2.75, 3.05) is 0 Å². The van der Waals surface area contributed by atoms with Crippen LogP contribution < -0.4 is 0 Å². The van der Waals surface area contributed by atoms with E-state index in [1.807, 2.05) is 32.9 Å². The topological polar surface area (TPSA) is 0 Å². The van der Waals surface area contributed by atoms with Gasteiger partial charge in [-0.15, -0.1) is 0 Å². The van der Waals surface area contributed by atoms with Crippen LogP contribution in [0.15, 0.2) is 36.0 Å². The van der Waals surface area contributed by atoms with Crippen molar-refractivity contribution in [1.29, 1.82) is 0 Å². The Labute approximate surface area is 57.6 Å². The second-order valence-corrected chi connectivity index (χ2v) is 1.79. The van der Waals surface area contributed by atoms with Crippen LogP contribution in [0, 0.1) is 0 Å². The molecule has 0 aromatic carbocycles. The van der Waals surface area contributed by atoms with Gasteiger partial charge < -0.3 is 0 Å². The van der Waals surface area contributed by atoms with Gasteiger partial charge in [-0.3, -0.25) is 0 Å². The summed E-state index contributed by atoms with van der Waals surface area (Å²) in [7, 11) is 0. The van der Waals surface area contributed by atoms with Gasteiger partial charge in [0.25, 0.3) is 0 Å². The Bertz CT molecular complexity index is 122. The minimum atomic E-state index is 1.26. The minimum absolute atomic E-state index is 1.26. The molecule has 0 fully saturated rings. The molecule has 0 amide bonds. The third-order valence-corrected chi connectivity index (χ3v) is 1.05. The molecule has 0 aliphatic heterocycles. The average Bonchev–Trinajstić information content (AvgIpc) is 1.88. The highest BCUT2D eigenvalue weighted by molar-refractivity contribution is 5.29. The lowest BCUT2D eigenvalue weighted by Gasteiger charge is -1.86. The van der Waals surface area contributed by atoms with E-state index in [4.69, 9.17) is 0 Å². The van der Waals surface area contributed by atoms with Gasteiger partial charge >= 0.3 is 0 Å². The number of allylic oxidation sites excluding steroid dienone is 6. The van der Waals surface area contributed by atoms with Gasteiger partial charge in [0, 0.05) is 0 Å². The molecule has 0 N–H and O–H groups in total. The molecular weight excluding hydrogens is 108 g/mol. The second-order valence-electron chi connectivity index (χ2n) is 1.79. The van der Waals surface area contributed by atoms with Crippen LogP contribution in [0.25, 0.3) is 0 Å². The monoisotopic (exact) mass is 122 g/mol. The van der Waals surface area contributed by atoms with E-state index >= 15 is 0 Å². The largest absolute Gasteiger partial charge is 0.0871 e. The average molecular weight is 122 g/mol. The van der Waals surface area contributed by atoms with Crippen molar-refractivity contribution in [2.24, 2.45) is 0 Å². The summed E-state index contributed by atoms with van der Waals surface area (Å²) in [4.78, 5) is 0. The van der Waals surface area contributed by atoms with E-state index in [-0.39, 0.29) is 0 Å². The van der Waals surface area contributed by atoms with Gasteiger partial charge in [-0.25, -0.2) is 0 Å². The lowest BCUT2D eigenvalue weighted by atomic mass is 10.2. The quantitative estimate of drug-likeness (QED) is 0.494. The maximum Gasteiger partial charge on any atom is -0.0306 e. The summed E-state index contributed by atoms with van der Waals surface area (Å²) < 4.78 is 0. The van der Waals surface area contributed by atoms with E-state index in [9.17, 15) is 0 Å². The highest BCUT2D eigenvalue weighted by atomic mass is 13.8. The third-order valence-electron chi connectivity index (χ3n) is 1.05. The zero-order chi connectivity index (χ0) is 7.11. The lowest BCUT2D eigenvalue weighted by Crippen LogP contribution is -1.66. The first-order chi connectivity index (χ1) is 4.35. The van der Waals surface area contributed by atoms with Crippen molar-refractivity contribution in [2.45, 2.75) is 20.8 Å². The molecule has 0 radical (unpaired) electrons. The summed E-state index contributed by atoms with van der Waals surface area (Å²) in [5, 5.41) is 0. The maximum absolute atomic E-state index is 2.08. The van der Waals surface area contributed by atoms with Crippen molar-refractivity contribution < 1.29 is 0 Å². The molecule has 0 aliphatic carbocycles. The zero-order valence-corrected chi connectivity index (χ0v) is 6.39. The standard InChI is InChI=1S/C9H14/c1-4-7-9(6-3)8-5-2/h4-8H,1-3H3. The fraction of sp³-hybridized carbons (Fsp3) is 0.333. The fourth-order valence-electron chi connectivity index (χ4n) is 0.633. The Balaban J connectivity index is 4.01. The molecule has 50 valence electrons. The Morgan fingerprint density at radius 3 is 1.56 bits per heavy atom. The number of rotatable bonds is 2. The molecule has 0 nitrogen and oxygen atoms in total. The van der Waals surface area contributed by atoms with Crippen LogP contribution in [-0.2, 0) is 0 Å². The van der Waals surface area contributed by atoms with E-state index in [1.54, 1.807) is 0 Å². The molecule has 0 unspecified atom stereocenters. The first kappa shape index (κ1) is 8.22. The first-order valence-electron chi connectivity index (χ1n) is 3.26. The predicted molar refractivity (Wildman–Crippen MR) is 43.4 cm³/mol. The highest BCUT2D eigenvalue weighted by Crippen LogP contribution is 1.97. The molecule has 0 heterocycles. The first-order valence-corrected chi connectivity index (χ1v) is 3.26. The Morgan fingerprint density at radius 2 is 1.33 bits per heavy atom. The minimum Gasteiger partial charge on any atom is -0.0871 e. The molecule has 0 heteroatoms. The molecule has 0 aromatic rings. The van der Waals surface area contributed by atoms with Gasteiger partial charge in [0.2, 0.25) is 0 Å². The Morgan fingerprint density at radius 1 is 0.889 bits per heavy atom. The van der Waals surface area contributed by atoms with Crippen LogP contribution in [0.2, 0.25) is 0 Å². The van der Waals surface area contributed by atoms with Crippen LogP contribution in [0.1, 0.15) is 20.8 Å². The summed E-state index contributed by atoms with van der Waals surface area (Å²) in [5.74, 6) is 0. The smallest absolute Gasteiger partial charge is 0.0306 e. The van der Waals surface area contributed by atoms with Crippen molar-refractivity contribution in [3.63, 3.8) is 0 Å². The molecular formula is C9H14. The van der Waals surface area contributed by atoms with E-state index in [0.717, 1.165) is 0 Å². The van der Waals surface area contributed by atoms with E-state index in [0.29, 0.717) is 0 Å². The van der Waals surface area contributed by atoms with Crippen LogP contribution in [0.5, 0.6) is 0 Å². The van der Waals surface area contributed by atoms with Gasteiger partial charge in [-0.05, 0) is 26.3 Å². The number of hydrogen-bond acceptors (Lipinski definition) is 0. The van der Waals surface area contributed by atoms with Gasteiger partial charge in [0.15, 0.2) is 0 Å². The summed E-state index contributed by atoms with van der Waals surface area (Å²) >= 11 is 0. The number of hydrogen-bond donors (Lipinski definition) is 0. The molecule has 0 spiro atoms. The second kappa shape index (κ2) is 5.36. The summed E-state index contributed by atoms with van der Waals surface area (Å²) in [6, 6.07) is 0. The predicted octanol–water partition coefficient (Wildman–Crippen LogP) is 3.08. The highest BCUT2D eigenvalue weighted by Gasteiger charge is 1.76. The maximum atomic E-state index is 2.08. The lowest BCUT2D eigenvalue weighted by molar-refractivity contribution is 1.55. The molecule has 0 saturated heterocycles. The molecule has 0 aromatic heterocycles. The van der Waals surface area contributed by atoms with Gasteiger partial charge in [0.05, 0.1) is 0 Å². The molecule has 0 atom stereocenters. The fourth-order valence-corrected chi connectivity index (χ4v) is 0.633. The van der Waals surface area contributed by atoms with Crippen molar-refractivity contribution in [3.05, 3.63) is 36.0 Å². The zero-order valence-electron chi connectivity index (χ0n) is 6.39. The van der Waals surface area contributed by atoms with Crippen LogP contribution >= 0.6 is 0 Å². The Kier molecular flexibility index (Phi) is 4.89. The molecule has 0 aliphatic rings. The van der Waals surface area contributed by atoms with E-state index in [2.05, 4.69) is 18.2 Å². The van der Waals surface area contributed by atoms with Gasteiger partial charge in [0.1, 0.15) is 0 Å². The van der Waals surface area contributed by atoms with Crippen LogP contribution in [-0.4, -0.2) is 0 Å². The van der Waals surface area contributed by atoms with Crippen LogP contribution in [0.3, 0.4) is 0 Å². The van der Waals surface area contributed by atoms with Gasteiger partial charge in [-0.2, -0.15) is 0 Å². The summed E-state index contributed by atoms with van der Waals surface area (Å²) in [5.41, 5.74) is 1.26. The van der Waals surface area contributed by atoms with Crippen molar-refractivity contribution in [1.82, 2.24) is 0 Å². The molecule has 0 rings (SSSR count). The third kappa shape index (κ3) is 3.77. The molecule has 9 heavy (non-hydrogen) atoms. The normalized spacial score (nSPS) is 11.0. The van der Waals surface area contributed by atoms with Crippen LogP contribution in [0.4, 0.5) is 0 Å². The molecule has 0 saturated carbocycles. The van der Waals surface area contributed by atoms with E-state index in [1.165, 1.54) is 5.57 Å². The van der Waals surface area contributed by atoms with E-state index < -0.39 is 0 Å². The SMILES string of the molecule is CC=CC(C=CC)=CC. The van der Waals surface area contributed by atoms with Crippen molar-refractivity contribution >= 4 is 0 Å².